The second kappa shape index (κ2) is 6.31. The lowest BCUT2D eigenvalue weighted by molar-refractivity contribution is -0.0819. The van der Waals surface area contributed by atoms with Gasteiger partial charge in [0.2, 0.25) is 0 Å². The summed E-state index contributed by atoms with van der Waals surface area (Å²) in [6, 6.07) is 1.72. The van der Waals surface area contributed by atoms with E-state index in [0.29, 0.717) is 31.5 Å². The molecule has 2 heterocycles. The largest absolute Gasteiger partial charge is 0.376 e. The molecule has 0 aliphatic carbocycles. The Morgan fingerprint density at radius 3 is 2.94 bits per heavy atom. The quantitative estimate of drug-likeness (QED) is 0.850. The summed E-state index contributed by atoms with van der Waals surface area (Å²) in [5.41, 5.74) is 0. The highest BCUT2D eigenvalue weighted by Gasteiger charge is 2.14. The molecule has 1 fully saturated rings. The topological polar surface area (TPSA) is 56.3 Å². The normalized spacial score (nSPS) is 20.1. The molecule has 1 aromatic rings. The molecule has 0 saturated carbocycles. The van der Waals surface area contributed by atoms with Crippen molar-refractivity contribution in [3.8, 4) is 0 Å². The first kappa shape index (κ1) is 13.5. The van der Waals surface area contributed by atoms with Crippen molar-refractivity contribution in [1.29, 1.82) is 0 Å². The summed E-state index contributed by atoms with van der Waals surface area (Å²) in [4.78, 5) is 8.60. The van der Waals surface area contributed by atoms with Crippen molar-refractivity contribution < 1.29 is 9.47 Å². The van der Waals surface area contributed by atoms with Crippen LogP contribution in [0.25, 0.3) is 0 Å². The SMILES string of the molecule is CC(C)c1nc(Cl)cc(NCC2COCCO2)n1. The molecule has 1 aromatic heterocycles. The van der Waals surface area contributed by atoms with Gasteiger partial charge in [0, 0.05) is 18.5 Å². The van der Waals surface area contributed by atoms with Gasteiger partial charge in [-0.25, -0.2) is 9.97 Å². The number of rotatable bonds is 4. The maximum absolute atomic E-state index is 5.97. The van der Waals surface area contributed by atoms with Crippen molar-refractivity contribution in [2.75, 3.05) is 31.7 Å². The van der Waals surface area contributed by atoms with Gasteiger partial charge in [-0.05, 0) is 0 Å². The molecule has 0 bridgehead atoms. The van der Waals surface area contributed by atoms with E-state index in [0.717, 1.165) is 11.6 Å². The molecular formula is C12H18ClN3O2. The van der Waals surface area contributed by atoms with E-state index in [-0.39, 0.29) is 12.0 Å². The van der Waals surface area contributed by atoms with Gasteiger partial charge in [-0.3, -0.25) is 0 Å². The van der Waals surface area contributed by atoms with Crippen LogP contribution in [0.1, 0.15) is 25.6 Å². The fourth-order valence-electron chi connectivity index (χ4n) is 1.66. The molecule has 2 rings (SSSR count). The molecule has 1 N–H and O–H groups in total. The number of anilines is 1. The molecule has 100 valence electrons. The van der Waals surface area contributed by atoms with Gasteiger partial charge >= 0.3 is 0 Å². The summed E-state index contributed by atoms with van der Waals surface area (Å²) in [7, 11) is 0. The van der Waals surface area contributed by atoms with Crippen molar-refractivity contribution >= 4 is 17.4 Å². The molecule has 5 nitrogen and oxygen atoms in total. The zero-order chi connectivity index (χ0) is 13.0. The molecule has 1 aliphatic heterocycles. The number of ether oxygens (including phenoxy) is 2. The molecule has 1 saturated heterocycles. The van der Waals surface area contributed by atoms with Crippen LogP contribution in [0, 0.1) is 0 Å². The molecule has 1 aliphatic rings. The monoisotopic (exact) mass is 271 g/mol. The van der Waals surface area contributed by atoms with E-state index in [4.69, 9.17) is 21.1 Å². The van der Waals surface area contributed by atoms with Crippen LogP contribution in [0.5, 0.6) is 0 Å². The van der Waals surface area contributed by atoms with Crippen LogP contribution < -0.4 is 5.32 Å². The van der Waals surface area contributed by atoms with Crippen LogP contribution in [0.3, 0.4) is 0 Å². The molecular weight excluding hydrogens is 254 g/mol. The standard InChI is InChI=1S/C12H18ClN3O2/c1-8(2)12-15-10(13)5-11(16-12)14-6-9-7-17-3-4-18-9/h5,8-9H,3-4,6-7H2,1-2H3,(H,14,15,16). The number of halogens is 1. The van der Waals surface area contributed by atoms with Crippen LogP contribution >= 0.6 is 11.6 Å². The minimum absolute atomic E-state index is 0.0648. The zero-order valence-corrected chi connectivity index (χ0v) is 11.4. The lowest BCUT2D eigenvalue weighted by Crippen LogP contribution is -2.34. The van der Waals surface area contributed by atoms with E-state index in [1.807, 2.05) is 13.8 Å². The maximum atomic E-state index is 5.97. The number of aromatic nitrogens is 2. The zero-order valence-electron chi connectivity index (χ0n) is 10.6. The van der Waals surface area contributed by atoms with Crippen molar-refractivity contribution in [2.45, 2.75) is 25.9 Å². The van der Waals surface area contributed by atoms with Crippen molar-refractivity contribution in [3.63, 3.8) is 0 Å². The summed E-state index contributed by atoms with van der Waals surface area (Å²) in [5, 5.41) is 3.67. The third-order valence-electron chi connectivity index (χ3n) is 2.62. The molecule has 0 radical (unpaired) electrons. The predicted octanol–water partition coefficient (Wildman–Crippen LogP) is 2.08. The number of nitrogens with zero attached hydrogens (tertiary/aromatic N) is 2. The Balaban J connectivity index is 1.95. The lowest BCUT2D eigenvalue weighted by Gasteiger charge is -2.23. The Bertz CT molecular complexity index is 395. The number of hydrogen-bond donors (Lipinski definition) is 1. The second-order valence-electron chi connectivity index (χ2n) is 4.54. The highest BCUT2D eigenvalue weighted by Crippen LogP contribution is 2.17. The second-order valence-corrected chi connectivity index (χ2v) is 4.92. The van der Waals surface area contributed by atoms with Crippen molar-refractivity contribution in [2.24, 2.45) is 0 Å². The molecule has 1 unspecified atom stereocenters. The van der Waals surface area contributed by atoms with Gasteiger partial charge in [0.05, 0.1) is 25.9 Å². The average Bonchev–Trinajstić information content (AvgIpc) is 2.37. The smallest absolute Gasteiger partial charge is 0.135 e. The molecule has 0 aromatic carbocycles. The summed E-state index contributed by atoms with van der Waals surface area (Å²) < 4.78 is 10.9. The van der Waals surface area contributed by atoms with Crippen LogP contribution in [-0.4, -0.2) is 42.4 Å². The minimum atomic E-state index is 0.0648. The van der Waals surface area contributed by atoms with Crippen molar-refractivity contribution in [3.05, 3.63) is 17.0 Å². The number of hydrogen-bond acceptors (Lipinski definition) is 5. The fourth-order valence-corrected chi connectivity index (χ4v) is 1.85. The summed E-state index contributed by atoms with van der Waals surface area (Å²) >= 11 is 5.97. The fraction of sp³-hybridized carbons (Fsp3) is 0.667. The van der Waals surface area contributed by atoms with Gasteiger partial charge in [-0.2, -0.15) is 0 Å². The van der Waals surface area contributed by atoms with E-state index in [1.54, 1.807) is 6.07 Å². The van der Waals surface area contributed by atoms with Gasteiger partial charge in [0.15, 0.2) is 0 Å². The van der Waals surface area contributed by atoms with Gasteiger partial charge in [0.25, 0.3) is 0 Å². The Morgan fingerprint density at radius 1 is 1.44 bits per heavy atom. The lowest BCUT2D eigenvalue weighted by atomic mass is 10.2. The first-order chi connectivity index (χ1) is 8.65. The van der Waals surface area contributed by atoms with Crippen LogP contribution in [0.2, 0.25) is 5.15 Å². The van der Waals surface area contributed by atoms with E-state index in [9.17, 15) is 0 Å². The first-order valence-corrected chi connectivity index (χ1v) is 6.50. The minimum Gasteiger partial charge on any atom is -0.376 e. The Hall–Kier alpha value is -0.910. The highest BCUT2D eigenvalue weighted by molar-refractivity contribution is 6.29. The average molecular weight is 272 g/mol. The predicted molar refractivity (Wildman–Crippen MR) is 70.2 cm³/mol. The molecule has 18 heavy (non-hydrogen) atoms. The summed E-state index contributed by atoms with van der Waals surface area (Å²) in [6.07, 6.45) is 0.0648. The summed E-state index contributed by atoms with van der Waals surface area (Å²) in [5.74, 6) is 1.72. The van der Waals surface area contributed by atoms with Gasteiger partial charge in [0.1, 0.15) is 16.8 Å². The Morgan fingerprint density at radius 2 is 2.28 bits per heavy atom. The van der Waals surface area contributed by atoms with Crippen molar-refractivity contribution in [1.82, 2.24) is 9.97 Å². The number of nitrogens with one attached hydrogen (secondary N) is 1. The third kappa shape index (κ3) is 3.80. The Kier molecular flexibility index (Phi) is 4.74. The molecule has 0 amide bonds. The van der Waals surface area contributed by atoms with Crippen LogP contribution in [-0.2, 0) is 9.47 Å². The maximum Gasteiger partial charge on any atom is 0.135 e. The Labute approximate surface area is 112 Å². The van der Waals surface area contributed by atoms with Crippen LogP contribution in [0.4, 0.5) is 5.82 Å². The molecule has 6 heteroatoms. The highest BCUT2D eigenvalue weighted by atomic mass is 35.5. The molecule has 0 spiro atoms. The van der Waals surface area contributed by atoms with E-state index in [2.05, 4.69) is 15.3 Å². The van der Waals surface area contributed by atoms with Crippen LogP contribution in [0.15, 0.2) is 6.07 Å². The first-order valence-electron chi connectivity index (χ1n) is 6.13. The van der Waals surface area contributed by atoms with Gasteiger partial charge < -0.3 is 14.8 Å². The van der Waals surface area contributed by atoms with E-state index in [1.165, 1.54) is 0 Å². The van der Waals surface area contributed by atoms with Gasteiger partial charge in [-0.1, -0.05) is 25.4 Å². The van der Waals surface area contributed by atoms with Gasteiger partial charge in [-0.15, -0.1) is 0 Å². The van der Waals surface area contributed by atoms with E-state index < -0.39 is 0 Å². The molecule has 1 atom stereocenters. The van der Waals surface area contributed by atoms with E-state index >= 15 is 0 Å². The third-order valence-corrected chi connectivity index (χ3v) is 2.82. The summed E-state index contributed by atoms with van der Waals surface area (Å²) in [6.45, 7) is 6.66.